The lowest BCUT2D eigenvalue weighted by Gasteiger charge is -2.15. The second-order valence-corrected chi connectivity index (χ2v) is 4.34. The fraction of sp³-hybridized carbons (Fsp3) is 0.0714. The van der Waals surface area contributed by atoms with Crippen molar-refractivity contribution >= 4 is 5.91 Å². The van der Waals surface area contributed by atoms with Crippen LogP contribution in [0.1, 0.15) is 10.4 Å². The van der Waals surface area contributed by atoms with Crippen molar-refractivity contribution in [2.75, 3.05) is 7.11 Å². The number of ether oxygens (including phenoxy) is 1. The van der Waals surface area contributed by atoms with Gasteiger partial charge in [-0.2, -0.15) is 5.10 Å². The highest BCUT2D eigenvalue weighted by molar-refractivity contribution is 6.03. The highest BCUT2D eigenvalue weighted by Crippen LogP contribution is 2.33. The van der Waals surface area contributed by atoms with Crippen molar-refractivity contribution in [3.8, 4) is 22.7 Å². The molecule has 0 aliphatic rings. The Labute approximate surface area is 125 Å². The average Bonchev–Trinajstić information content (AvgIpc) is 3.08. The molecule has 0 radical (unpaired) electrons. The van der Waals surface area contributed by atoms with E-state index in [1.54, 1.807) is 41.7 Å². The van der Waals surface area contributed by atoms with E-state index in [0.717, 1.165) is 0 Å². The van der Waals surface area contributed by atoms with Gasteiger partial charge in [-0.15, -0.1) is 0 Å². The van der Waals surface area contributed by atoms with Crippen molar-refractivity contribution in [2.24, 2.45) is 5.73 Å². The second-order valence-electron chi connectivity index (χ2n) is 4.34. The zero-order chi connectivity index (χ0) is 15.5. The number of nitrogens with zero attached hydrogens (tertiary/aromatic N) is 5. The minimum Gasteiger partial charge on any atom is -0.480 e. The van der Waals surface area contributed by atoms with Gasteiger partial charge in [-0.05, 0) is 6.07 Å². The molecule has 0 saturated carbocycles. The van der Waals surface area contributed by atoms with Crippen LogP contribution in [0.2, 0.25) is 0 Å². The topological polar surface area (TPSA) is 109 Å². The average molecular weight is 296 g/mol. The maximum Gasteiger partial charge on any atom is 0.254 e. The first-order chi connectivity index (χ1) is 10.7. The van der Waals surface area contributed by atoms with Crippen LogP contribution in [0.3, 0.4) is 0 Å². The standard InChI is InChI=1S/C14H12N6O2/c1-22-14-12(13(15)21)11(9-5-16-8-17-6-9)10(7-18-14)20-4-2-3-19-20/h2-8H,1H3,(H2,15,21). The lowest BCUT2D eigenvalue weighted by atomic mass is 10.0. The highest BCUT2D eigenvalue weighted by atomic mass is 16.5. The van der Waals surface area contributed by atoms with E-state index in [1.165, 1.54) is 13.4 Å². The molecular formula is C14H12N6O2. The van der Waals surface area contributed by atoms with Gasteiger partial charge >= 0.3 is 0 Å². The molecule has 3 rings (SSSR count). The third-order valence-electron chi connectivity index (χ3n) is 3.06. The summed E-state index contributed by atoms with van der Waals surface area (Å²) in [5, 5.41) is 4.17. The molecule has 3 aromatic rings. The van der Waals surface area contributed by atoms with Gasteiger partial charge in [0, 0.05) is 35.9 Å². The zero-order valence-electron chi connectivity index (χ0n) is 11.7. The Bertz CT molecular complexity index is 802. The van der Waals surface area contributed by atoms with Gasteiger partial charge in [0.05, 0.1) is 19.0 Å². The highest BCUT2D eigenvalue weighted by Gasteiger charge is 2.22. The minimum atomic E-state index is -0.655. The molecule has 0 aliphatic carbocycles. The van der Waals surface area contributed by atoms with E-state index in [-0.39, 0.29) is 11.4 Å². The van der Waals surface area contributed by atoms with Crippen molar-refractivity contribution in [3.63, 3.8) is 0 Å². The monoisotopic (exact) mass is 296 g/mol. The SMILES string of the molecule is COc1ncc(-n2cccn2)c(-c2cncnc2)c1C(N)=O. The maximum atomic E-state index is 11.9. The van der Waals surface area contributed by atoms with E-state index in [2.05, 4.69) is 20.1 Å². The van der Waals surface area contributed by atoms with Crippen LogP contribution < -0.4 is 10.5 Å². The summed E-state index contributed by atoms with van der Waals surface area (Å²) in [6.07, 6.45) is 9.49. The van der Waals surface area contributed by atoms with Crippen molar-refractivity contribution in [3.05, 3.63) is 48.9 Å². The van der Waals surface area contributed by atoms with Gasteiger partial charge in [-0.3, -0.25) is 4.79 Å². The molecule has 8 heteroatoms. The molecule has 0 bridgehead atoms. The molecule has 3 heterocycles. The molecule has 0 fully saturated rings. The molecule has 0 aromatic carbocycles. The molecule has 2 N–H and O–H groups in total. The number of methoxy groups -OCH3 is 1. The van der Waals surface area contributed by atoms with E-state index in [0.29, 0.717) is 16.8 Å². The van der Waals surface area contributed by atoms with Gasteiger partial charge in [0.25, 0.3) is 5.91 Å². The summed E-state index contributed by atoms with van der Waals surface area (Å²) >= 11 is 0. The fourth-order valence-corrected chi connectivity index (χ4v) is 2.17. The number of pyridine rings is 1. The Morgan fingerprint density at radius 2 is 2.05 bits per heavy atom. The number of hydrogen-bond donors (Lipinski definition) is 1. The number of rotatable bonds is 4. The molecule has 0 unspecified atom stereocenters. The predicted molar refractivity (Wildman–Crippen MR) is 77.5 cm³/mol. The van der Waals surface area contributed by atoms with E-state index in [9.17, 15) is 4.79 Å². The number of carbonyl (C=O) groups excluding carboxylic acids is 1. The Hall–Kier alpha value is -3.29. The van der Waals surface area contributed by atoms with Gasteiger partial charge < -0.3 is 10.5 Å². The van der Waals surface area contributed by atoms with Crippen LogP contribution in [0.4, 0.5) is 0 Å². The first-order valence-electron chi connectivity index (χ1n) is 6.34. The first-order valence-corrected chi connectivity index (χ1v) is 6.34. The molecule has 1 amide bonds. The lowest BCUT2D eigenvalue weighted by Crippen LogP contribution is -2.17. The van der Waals surface area contributed by atoms with E-state index >= 15 is 0 Å². The molecule has 0 spiro atoms. The van der Waals surface area contributed by atoms with Gasteiger partial charge in [-0.1, -0.05) is 0 Å². The number of aromatic nitrogens is 5. The number of primary amides is 1. The summed E-state index contributed by atoms with van der Waals surface area (Å²) in [6, 6.07) is 1.76. The van der Waals surface area contributed by atoms with Crippen LogP contribution >= 0.6 is 0 Å². The third-order valence-corrected chi connectivity index (χ3v) is 3.06. The quantitative estimate of drug-likeness (QED) is 0.763. The van der Waals surface area contributed by atoms with Crippen LogP contribution in [-0.4, -0.2) is 37.7 Å². The van der Waals surface area contributed by atoms with Gasteiger partial charge in [0.2, 0.25) is 5.88 Å². The van der Waals surface area contributed by atoms with Crippen LogP contribution in [0.15, 0.2) is 43.4 Å². The molecule has 22 heavy (non-hydrogen) atoms. The van der Waals surface area contributed by atoms with E-state index in [4.69, 9.17) is 10.5 Å². The van der Waals surface area contributed by atoms with Crippen molar-refractivity contribution in [2.45, 2.75) is 0 Å². The molecule has 0 saturated heterocycles. The predicted octanol–water partition coefficient (Wildman–Crippen LogP) is 0.832. The summed E-state index contributed by atoms with van der Waals surface area (Å²) in [6.45, 7) is 0. The lowest BCUT2D eigenvalue weighted by molar-refractivity contribution is 0.0997. The summed E-state index contributed by atoms with van der Waals surface area (Å²) < 4.78 is 6.74. The molecule has 0 aliphatic heterocycles. The minimum absolute atomic E-state index is 0.141. The number of nitrogens with two attached hydrogens (primary N) is 1. The van der Waals surface area contributed by atoms with E-state index < -0.39 is 5.91 Å². The summed E-state index contributed by atoms with van der Waals surface area (Å²) in [4.78, 5) is 24.0. The van der Waals surface area contributed by atoms with E-state index in [1.807, 2.05) is 0 Å². The van der Waals surface area contributed by atoms with Crippen LogP contribution in [-0.2, 0) is 0 Å². The maximum absolute atomic E-state index is 11.9. The molecule has 3 aromatic heterocycles. The van der Waals surface area contributed by atoms with Gasteiger partial charge in [0.15, 0.2) is 0 Å². The summed E-state index contributed by atoms with van der Waals surface area (Å²) in [7, 11) is 1.42. The molecule has 8 nitrogen and oxygen atoms in total. The smallest absolute Gasteiger partial charge is 0.254 e. The first kappa shape index (κ1) is 13.7. The number of amides is 1. The normalized spacial score (nSPS) is 10.4. The van der Waals surface area contributed by atoms with Crippen LogP contribution in [0, 0.1) is 0 Å². The molecule has 0 atom stereocenters. The Kier molecular flexibility index (Phi) is 3.48. The Morgan fingerprint density at radius 3 is 2.64 bits per heavy atom. The fourth-order valence-electron chi connectivity index (χ4n) is 2.17. The Balaban J connectivity index is 2.37. The number of carbonyl (C=O) groups is 1. The van der Waals surface area contributed by atoms with Gasteiger partial charge in [0.1, 0.15) is 11.9 Å². The third kappa shape index (κ3) is 2.26. The Morgan fingerprint density at radius 1 is 1.27 bits per heavy atom. The summed E-state index contributed by atoms with van der Waals surface area (Å²) in [5.74, 6) is -0.514. The number of hydrogen-bond acceptors (Lipinski definition) is 6. The molecule has 110 valence electrons. The summed E-state index contributed by atoms with van der Waals surface area (Å²) in [5.41, 5.74) is 7.39. The van der Waals surface area contributed by atoms with Gasteiger partial charge in [-0.25, -0.2) is 19.6 Å². The van der Waals surface area contributed by atoms with Crippen LogP contribution in [0.25, 0.3) is 16.8 Å². The van der Waals surface area contributed by atoms with Crippen molar-refractivity contribution < 1.29 is 9.53 Å². The van der Waals surface area contributed by atoms with Crippen molar-refractivity contribution in [1.29, 1.82) is 0 Å². The zero-order valence-corrected chi connectivity index (χ0v) is 11.7. The van der Waals surface area contributed by atoms with Crippen LogP contribution in [0.5, 0.6) is 5.88 Å². The second kappa shape index (κ2) is 5.60. The largest absolute Gasteiger partial charge is 0.480 e. The van der Waals surface area contributed by atoms with Crippen molar-refractivity contribution in [1.82, 2.24) is 24.7 Å². The molecular weight excluding hydrogens is 284 g/mol.